The van der Waals surface area contributed by atoms with Gasteiger partial charge in [0.05, 0.1) is 10.0 Å². The fourth-order valence-electron chi connectivity index (χ4n) is 1.28. The van der Waals surface area contributed by atoms with Crippen molar-refractivity contribution in [2.45, 2.75) is 52.7 Å². The third kappa shape index (κ3) is 7.55. The van der Waals surface area contributed by atoms with E-state index in [9.17, 15) is 9.59 Å². The molecule has 2 N–H and O–H groups in total. The molecular formula is C14H22N2O4S. The maximum Gasteiger partial charge on any atom is 0.412 e. The van der Waals surface area contributed by atoms with Crippen molar-refractivity contribution in [1.29, 1.82) is 0 Å². The summed E-state index contributed by atoms with van der Waals surface area (Å²) in [6.45, 7) is 10.7. The summed E-state index contributed by atoms with van der Waals surface area (Å²) in [6.07, 6.45) is -1.07. The van der Waals surface area contributed by atoms with E-state index in [0.717, 1.165) is 0 Å². The van der Waals surface area contributed by atoms with Crippen LogP contribution in [0.4, 0.5) is 19.6 Å². The molecule has 6 nitrogen and oxygen atoms in total. The van der Waals surface area contributed by atoms with Crippen molar-refractivity contribution < 1.29 is 19.1 Å². The van der Waals surface area contributed by atoms with Crippen molar-refractivity contribution in [3.63, 3.8) is 0 Å². The minimum atomic E-state index is -0.557. The maximum absolute atomic E-state index is 11.6. The first kappa shape index (κ1) is 17.3. The second-order valence-corrected chi connectivity index (χ2v) is 7.50. The molecule has 0 atom stereocenters. The second-order valence-electron chi connectivity index (χ2n) is 6.42. The Balaban J connectivity index is 2.54. The van der Waals surface area contributed by atoms with Crippen molar-refractivity contribution in [3.8, 4) is 0 Å². The first-order valence-corrected chi connectivity index (χ1v) is 7.36. The van der Waals surface area contributed by atoms with Crippen molar-refractivity contribution in [2.24, 2.45) is 0 Å². The number of ether oxygens (including phenoxy) is 2. The van der Waals surface area contributed by atoms with Crippen molar-refractivity contribution in [1.82, 2.24) is 0 Å². The van der Waals surface area contributed by atoms with Crippen LogP contribution in [0.2, 0.25) is 0 Å². The summed E-state index contributed by atoms with van der Waals surface area (Å²) in [7, 11) is 0. The van der Waals surface area contributed by atoms with E-state index in [1.165, 1.54) is 11.3 Å². The Labute approximate surface area is 128 Å². The van der Waals surface area contributed by atoms with Gasteiger partial charge in [0.15, 0.2) is 0 Å². The quantitative estimate of drug-likeness (QED) is 0.846. The summed E-state index contributed by atoms with van der Waals surface area (Å²) in [5.74, 6) is 0. The largest absolute Gasteiger partial charge is 0.444 e. The molecule has 118 valence electrons. The molecule has 0 unspecified atom stereocenters. The highest BCUT2D eigenvalue weighted by molar-refractivity contribution is 7.20. The molecule has 0 fully saturated rings. The topological polar surface area (TPSA) is 76.7 Å². The lowest BCUT2D eigenvalue weighted by Crippen LogP contribution is -2.27. The number of carbonyl (C=O) groups excluding carboxylic acids is 2. The molecule has 0 bridgehead atoms. The average Bonchev–Trinajstić information content (AvgIpc) is 2.58. The molecule has 0 radical (unpaired) electrons. The van der Waals surface area contributed by atoms with Crippen LogP contribution in [-0.2, 0) is 9.47 Å². The fraction of sp³-hybridized carbons (Fsp3) is 0.571. The van der Waals surface area contributed by atoms with Crippen LogP contribution in [-0.4, -0.2) is 23.4 Å². The lowest BCUT2D eigenvalue weighted by molar-refractivity contribution is 0.0625. The van der Waals surface area contributed by atoms with E-state index < -0.39 is 23.4 Å². The number of nitrogens with one attached hydrogen (secondary N) is 2. The number of thiophene rings is 1. The molecular weight excluding hydrogens is 292 g/mol. The van der Waals surface area contributed by atoms with Gasteiger partial charge in [-0.1, -0.05) is 0 Å². The van der Waals surface area contributed by atoms with Crippen LogP contribution >= 0.6 is 11.3 Å². The van der Waals surface area contributed by atoms with Crippen molar-refractivity contribution in [3.05, 3.63) is 12.1 Å². The maximum atomic E-state index is 11.6. The van der Waals surface area contributed by atoms with Crippen LogP contribution in [0.25, 0.3) is 0 Å². The molecule has 0 saturated carbocycles. The predicted molar refractivity (Wildman–Crippen MR) is 84.0 cm³/mol. The van der Waals surface area contributed by atoms with Gasteiger partial charge in [0.25, 0.3) is 0 Å². The summed E-state index contributed by atoms with van der Waals surface area (Å²) in [5, 5.41) is 6.37. The second kappa shape index (κ2) is 6.34. The van der Waals surface area contributed by atoms with Gasteiger partial charge in [-0.15, -0.1) is 11.3 Å². The molecule has 1 aromatic rings. The number of hydrogen-bond donors (Lipinski definition) is 2. The first-order valence-electron chi connectivity index (χ1n) is 6.54. The third-order valence-corrected chi connectivity index (χ3v) is 2.77. The van der Waals surface area contributed by atoms with Gasteiger partial charge < -0.3 is 9.47 Å². The normalized spacial score (nSPS) is 11.7. The summed E-state index contributed by atoms with van der Waals surface area (Å²) >= 11 is 1.22. The lowest BCUT2D eigenvalue weighted by Gasteiger charge is -2.19. The molecule has 21 heavy (non-hydrogen) atoms. The van der Waals surface area contributed by atoms with Gasteiger partial charge in [-0.25, -0.2) is 9.59 Å². The smallest absolute Gasteiger partial charge is 0.412 e. The van der Waals surface area contributed by atoms with E-state index in [2.05, 4.69) is 10.6 Å². The predicted octanol–water partition coefficient (Wildman–Crippen LogP) is 4.44. The Morgan fingerprint density at radius 3 is 1.48 bits per heavy atom. The van der Waals surface area contributed by atoms with Crippen molar-refractivity contribution in [2.75, 3.05) is 10.6 Å². The van der Waals surface area contributed by atoms with E-state index in [0.29, 0.717) is 10.0 Å². The number of rotatable bonds is 2. The lowest BCUT2D eigenvalue weighted by atomic mass is 10.2. The Morgan fingerprint density at radius 2 is 1.19 bits per heavy atom. The van der Waals surface area contributed by atoms with Gasteiger partial charge in [0.1, 0.15) is 11.2 Å². The molecule has 0 aliphatic carbocycles. The molecule has 1 aromatic heterocycles. The first-order chi connectivity index (χ1) is 9.44. The highest BCUT2D eigenvalue weighted by Crippen LogP contribution is 2.27. The van der Waals surface area contributed by atoms with Crippen LogP contribution in [0, 0.1) is 0 Å². The van der Waals surface area contributed by atoms with Gasteiger partial charge in [0, 0.05) is 0 Å². The molecule has 0 aliphatic heterocycles. The van der Waals surface area contributed by atoms with E-state index in [4.69, 9.17) is 9.47 Å². The number of hydrogen-bond acceptors (Lipinski definition) is 5. The monoisotopic (exact) mass is 314 g/mol. The Bertz CT molecular complexity index is 467. The van der Waals surface area contributed by atoms with Gasteiger partial charge in [-0.2, -0.15) is 0 Å². The molecule has 0 spiro atoms. The SMILES string of the molecule is CC(C)(C)OC(=O)Nc1ccc(NC(=O)OC(C)(C)C)s1. The Kier molecular flexibility index (Phi) is 5.22. The van der Waals surface area contributed by atoms with Crippen LogP contribution in [0.15, 0.2) is 12.1 Å². The highest BCUT2D eigenvalue weighted by Gasteiger charge is 2.18. The summed E-state index contributed by atoms with van der Waals surface area (Å²) in [5.41, 5.74) is -1.11. The molecule has 1 heterocycles. The molecule has 0 aliphatic rings. The number of carbonyl (C=O) groups is 2. The zero-order valence-corrected chi connectivity index (χ0v) is 14.0. The Morgan fingerprint density at radius 1 is 0.857 bits per heavy atom. The zero-order chi connectivity index (χ0) is 16.3. The van der Waals surface area contributed by atoms with E-state index in [1.54, 1.807) is 53.7 Å². The van der Waals surface area contributed by atoms with Crippen LogP contribution in [0.1, 0.15) is 41.5 Å². The van der Waals surface area contributed by atoms with Gasteiger partial charge in [-0.05, 0) is 53.7 Å². The fourth-order valence-corrected chi connectivity index (χ4v) is 2.06. The minimum Gasteiger partial charge on any atom is -0.444 e. The average molecular weight is 314 g/mol. The summed E-state index contributed by atoms with van der Waals surface area (Å²) < 4.78 is 10.3. The molecule has 0 aromatic carbocycles. The zero-order valence-electron chi connectivity index (χ0n) is 13.2. The number of anilines is 2. The molecule has 0 saturated heterocycles. The van der Waals surface area contributed by atoms with Gasteiger partial charge in [-0.3, -0.25) is 10.6 Å². The minimum absolute atomic E-state index is 0.534. The van der Waals surface area contributed by atoms with Crippen molar-refractivity contribution >= 4 is 33.5 Å². The van der Waals surface area contributed by atoms with E-state index >= 15 is 0 Å². The summed E-state index contributed by atoms with van der Waals surface area (Å²) in [4.78, 5) is 23.2. The van der Waals surface area contributed by atoms with E-state index in [1.807, 2.05) is 0 Å². The van der Waals surface area contributed by atoms with Crippen LogP contribution in [0.3, 0.4) is 0 Å². The highest BCUT2D eigenvalue weighted by atomic mass is 32.1. The number of amides is 2. The molecule has 7 heteroatoms. The van der Waals surface area contributed by atoms with Gasteiger partial charge >= 0.3 is 12.2 Å². The van der Waals surface area contributed by atoms with Gasteiger partial charge in [0.2, 0.25) is 0 Å². The Hall–Kier alpha value is -1.76. The van der Waals surface area contributed by atoms with E-state index in [-0.39, 0.29) is 0 Å². The van der Waals surface area contributed by atoms with Crippen LogP contribution in [0.5, 0.6) is 0 Å². The molecule has 2 amide bonds. The summed E-state index contributed by atoms with van der Waals surface area (Å²) in [6, 6.07) is 3.36. The van der Waals surface area contributed by atoms with Crippen LogP contribution < -0.4 is 10.6 Å². The molecule has 1 rings (SSSR count). The standard InChI is InChI=1S/C14H22N2O4S/c1-13(2,3)19-11(17)15-9-7-8-10(21-9)16-12(18)20-14(4,5)6/h7-8H,1-6H3,(H,15,17)(H,16,18). The third-order valence-electron chi connectivity index (χ3n) is 1.85.